The van der Waals surface area contributed by atoms with Crippen LogP contribution in [0.25, 0.3) is 11.3 Å². The summed E-state index contributed by atoms with van der Waals surface area (Å²) in [6, 6.07) is 5.45. The number of hydrogen-bond acceptors (Lipinski definition) is 7. The Bertz CT molecular complexity index is 808. The molecule has 0 spiro atoms. The first-order valence-electron chi connectivity index (χ1n) is 9.23. The van der Waals surface area contributed by atoms with Gasteiger partial charge in [0.2, 0.25) is 18.3 Å². The molecule has 0 aliphatic heterocycles. The van der Waals surface area contributed by atoms with Crippen molar-refractivity contribution in [2.75, 3.05) is 12.0 Å². The average Bonchev–Trinajstić information content (AvgIpc) is 2.74. The van der Waals surface area contributed by atoms with E-state index in [9.17, 15) is 14.8 Å². The van der Waals surface area contributed by atoms with Crippen LogP contribution in [0.15, 0.2) is 36.8 Å². The van der Waals surface area contributed by atoms with Crippen molar-refractivity contribution in [3.8, 4) is 11.3 Å². The highest BCUT2D eigenvalue weighted by Crippen LogP contribution is 2.39. The molecule has 0 radical (unpaired) electrons. The number of carbonyl (C=O) groups excluding carboxylic acids is 2. The molecule has 1 saturated carbocycles. The fraction of sp³-hybridized carbons (Fsp3) is 0.421. The molecule has 0 saturated heterocycles. The van der Waals surface area contributed by atoms with Crippen molar-refractivity contribution in [3.63, 3.8) is 0 Å². The molecule has 0 bridgehead atoms. The number of hydrazine groups is 1. The Kier molecular flexibility index (Phi) is 6.15. The van der Waals surface area contributed by atoms with Crippen molar-refractivity contribution in [3.05, 3.63) is 36.8 Å². The van der Waals surface area contributed by atoms with E-state index < -0.39 is 5.41 Å². The monoisotopic (exact) mass is 384 g/mol. The molecule has 1 aliphatic carbocycles. The van der Waals surface area contributed by atoms with Crippen molar-refractivity contribution < 1.29 is 14.8 Å². The van der Waals surface area contributed by atoms with Crippen LogP contribution in [0.1, 0.15) is 32.6 Å². The molecule has 0 atom stereocenters. The second-order valence-electron chi connectivity index (χ2n) is 7.25. The molecule has 3 rings (SSSR count). The SMILES string of the molecule is C[C@H]1CC[C@](CN(O)C=O)(C(=O)NNc2nccc(-c3cccnc3)n2)CC1. The molecule has 2 aromatic heterocycles. The molecule has 2 aromatic rings. The Balaban J connectivity index is 1.70. The van der Waals surface area contributed by atoms with Gasteiger partial charge in [0.15, 0.2) is 0 Å². The molecule has 2 heterocycles. The summed E-state index contributed by atoms with van der Waals surface area (Å²) in [6.07, 6.45) is 8.16. The van der Waals surface area contributed by atoms with Gasteiger partial charge in [-0.2, -0.15) is 0 Å². The first-order valence-corrected chi connectivity index (χ1v) is 9.23. The number of rotatable bonds is 7. The van der Waals surface area contributed by atoms with Gasteiger partial charge in [-0.15, -0.1) is 0 Å². The van der Waals surface area contributed by atoms with Crippen LogP contribution < -0.4 is 10.9 Å². The number of carbonyl (C=O) groups is 2. The topological polar surface area (TPSA) is 120 Å². The number of anilines is 1. The van der Waals surface area contributed by atoms with Crippen LogP contribution in [0.5, 0.6) is 0 Å². The Hall–Kier alpha value is -3.07. The van der Waals surface area contributed by atoms with Crippen LogP contribution in [0, 0.1) is 11.3 Å². The van der Waals surface area contributed by atoms with Gasteiger partial charge in [0.25, 0.3) is 0 Å². The van der Waals surface area contributed by atoms with E-state index in [1.165, 1.54) is 0 Å². The minimum absolute atomic E-state index is 0.0483. The molecule has 0 unspecified atom stereocenters. The maximum atomic E-state index is 12.9. The summed E-state index contributed by atoms with van der Waals surface area (Å²) in [7, 11) is 0. The zero-order chi connectivity index (χ0) is 20.0. The van der Waals surface area contributed by atoms with Crippen molar-refractivity contribution in [2.45, 2.75) is 32.6 Å². The summed E-state index contributed by atoms with van der Waals surface area (Å²) >= 11 is 0. The van der Waals surface area contributed by atoms with Crippen LogP contribution in [0.4, 0.5) is 5.95 Å². The van der Waals surface area contributed by atoms with E-state index in [1.807, 2.05) is 12.1 Å². The van der Waals surface area contributed by atoms with Crippen LogP contribution in [-0.4, -0.2) is 44.1 Å². The molecule has 2 amide bonds. The van der Waals surface area contributed by atoms with Gasteiger partial charge in [-0.25, -0.2) is 15.0 Å². The Morgan fingerprint density at radius 3 is 2.82 bits per heavy atom. The van der Waals surface area contributed by atoms with E-state index in [0.717, 1.165) is 18.4 Å². The zero-order valence-corrected chi connectivity index (χ0v) is 15.7. The standard InChI is InChI=1S/C19H24N6O3/c1-14-4-7-19(8-5-14,12-25(28)13-26)17(27)23-24-18-21-10-6-16(22-18)15-3-2-9-20-11-15/h2-3,6,9-11,13-14,28H,4-5,7-8,12H2,1H3,(H,23,27)(H,21,22,24)/t14-,19-. The summed E-state index contributed by atoms with van der Waals surface area (Å²) in [5.74, 6) is 0.456. The van der Waals surface area contributed by atoms with Gasteiger partial charge in [-0.3, -0.25) is 30.6 Å². The normalized spacial score (nSPS) is 21.6. The summed E-state index contributed by atoms with van der Waals surface area (Å²) in [5.41, 5.74) is 6.05. The zero-order valence-electron chi connectivity index (χ0n) is 15.7. The Labute approximate surface area is 163 Å². The van der Waals surface area contributed by atoms with Crippen molar-refractivity contribution in [1.82, 2.24) is 25.4 Å². The number of nitrogens with one attached hydrogen (secondary N) is 2. The number of hydroxylamine groups is 2. The number of amides is 2. The lowest BCUT2D eigenvalue weighted by Gasteiger charge is -2.38. The Morgan fingerprint density at radius 2 is 2.14 bits per heavy atom. The fourth-order valence-corrected chi connectivity index (χ4v) is 3.46. The fourth-order valence-electron chi connectivity index (χ4n) is 3.46. The molecule has 9 nitrogen and oxygen atoms in total. The van der Waals surface area contributed by atoms with E-state index in [-0.39, 0.29) is 18.4 Å². The van der Waals surface area contributed by atoms with Crippen LogP contribution in [0.3, 0.4) is 0 Å². The van der Waals surface area contributed by atoms with Gasteiger partial charge in [-0.05, 0) is 49.8 Å². The minimum Gasteiger partial charge on any atom is -0.286 e. The average molecular weight is 384 g/mol. The first-order chi connectivity index (χ1) is 13.5. The predicted molar refractivity (Wildman–Crippen MR) is 102 cm³/mol. The van der Waals surface area contributed by atoms with E-state index >= 15 is 0 Å². The highest BCUT2D eigenvalue weighted by atomic mass is 16.5. The van der Waals surface area contributed by atoms with E-state index in [2.05, 4.69) is 32.7 Å². The van der Waals surface area contributed by atoms with Gasteiger partial charge in [0.05, 0.1) is 17.7 Å². The second kappa shape index (κ2) is 8.75. The lowest BCUT2D eigenvalue weighted by Crippen LogP contribution is -2.51. The largest absolute Gasteiger partial charge is 0.286 e. The minimum atomic E-state index is -0.851. The van der Waals surface area contributed by atoms with Crippen molar-refractivity contribution >= 4 is 18.3 Å². The van der Waals surface area contributed by atoms with Crippen LogP contribution >= 0.6 is 0 Å². The lowest BCUT2D eigenvalue weighted by atomic mass is 9.70. The number of pyridine rings is 1. The second-order valence-corrected chi connectivity index (χ2v) is 7.25. The van der Waals surface area contributed by atoms with Gasteiger partial charge >= 0.3 is 0 Å². The summed E-state index contributed by atoms with van der Waals surface area (Å²) in [6.45, 7) is 2.08. The van der Waals surface area contributed by atoms with Gasteiger partial charge < -0.3 is 0 Å². The molecular formula is C19H24N6O3. The maximum Gasteiger partial charge on any atom is 0.246 e. The third-order valence-electron chi connectivity index (χ3n) is 5.20. The number of hydrogen-bond donors (Lipinski definition) is 3. The molecular weight excluding hydrogens is 360 g/mol. The molecule has 1 aliphatic rings. The lowest BCUT2D eigenvalue weighted by molar-refractivity contribution is -0.163. The van der Waals surface area contributed by atoms with Crippen molar-refractivity contribution in [1.29, 1.82) is 0 Å². The number of nitrogens with zero attached hydrogens (tertiary/aromatic N) is 4. The quantitative estimate of drug-likeness (QED) is 0.379. The highest BCUT2D eigenvalue weighted by molar-refractivity contribution is 5.84. The van der Waals surface area contributed by atoms with Gasteiger partial charge in [0, 0.05) is 24.2 Å². The van der Waals surface area contributed by atoms with Crippen LogP contribution in [-0.2, 0) is 9.59 Å². The summed E-state index contributed by atoms with van der Waals surface area (Å²) in [4.78, 5) is 36.3. The molecule has 148 valence electrons. The maximum absolute atomic E-state index is 12.9. The molecule has 28 heavy (non-hydrogen) atoms. The van der Waals surface area contributed by atoms with Gasteiger partial charge in [0.1, 0.15) is 0 Å². The number of aromatic nitrogens is 3. The third-order valence-corrected chi connectivity index (χ3v) is 5.20. The Morgan fingerprint density at radius 1 is 1.36 bits per heavy atom. The van der Waals surface area contributed by atoms with Crippen molar-refractivity contribution in [2.24, 2.45) is 11.3 Å². The van der Waals surface area contributed by atoms with Gasteiger partial charge in [-0.1, -0.05) is 6.92 Å². The van der Waals surface area contributed by atoms with Crippen LogP contribution in [0.2, 0.25) is 0 Å². The third kappa shape index (κ3) is 4.61. The molecule has 3 N–H and O–H groups in total. The predicted octanol–water partition coefficient (Wildman–Crippen LogP) is 2.03. The van der Waals surface area contributed by atoms with E-state index in [1.54, 1.807) is 24.7 Å². The molecule has 9 heteroatoms. The van der Waals surface area contributed by atoms with E-state index in [4.69, 9.17) is 0 Å². The van der Waals surface area contributed by atoms with E-state index in [0.29, 0.717) is 35.9 Å². The highest BCUT2D eigenvalue weighted by Gasteiger charge is 2.42. The summed E-state index contributed by atoms with van der Waals surface area (Å²) < 4.78 is 0. The smallest absolute Gasteiger partial charge is 0.246 e. The molecule has 0 aromatic carbocycles. The first kappa shape index (κ1) is 19.7. The molecule has 1 fully saturated rings. The summed E-state index contributed by atoms with van der Waals surface area (Å²) in [5, 5.41) is 10.2.